The second-order valence-electron chi connectivity index (χ2n) is 10.3. The Balaban J connectivity index is 0.000000224. The molecule has 0 fully saturated rings. The molecular formula is C34H46N4. The van der Waals surface area contributed by atoms with Crippen molar-refractivity contribution in [3.05, 3.63) is 120 Å². The first-order chi connectivity index (χ1) is 18.1. The van der Waals surface area contributed by atoms with Gasteiger partial charge in [0, 0.05) is 79.1 Å². The lowest BCUT2D eigenvalue weighted by Gasteiger charge is -2.14. The Bertz CT molecular complexity index is 1110. The van der Waals surface area contributed by atoms with E-state index >= 15 is 0 Å². The summed E-state index contributed by atoms with van der Waals surface area (Å²) >= 11 is 0. The minimum absolute atomic E-state index is 0.988. The molecule has 0 heterocycles. The lowest BCUT2D eigenvalue weighted by atomic mass is 10.0. The van der Waals surface area contributed by atoms with Crippen LogP contribution in [0.5, 0.6) is 0 Å². The van der Waals surface area contributed by atoms with Crippen LogP contribution >= 0.6 is 0 Å². The summed E-state index contributed by atoms with van der Waals surface area (Å²) in [7, 11) is 16.4. The van der Waals surface area contributed by atoms with Gasteiger partial charge < -0.3 is 19.6 Å². The van der Waals surface area contributed by atoms with Crippen molar-refractivity contribution in [2.45, 2.75) is 13.3 Å². The van der Waals surface area contributed by atoms with Gasteiger partial charge >= 0.3 is 0 Å². The zero-order valence-electron chi connectivity index (χ0n) is 24.8. The first-order valence-electron chi connectivity index (χ1n) is 13.1. The van der Waals surface area contributed by atoms with Crippen molar-refractivity contribution in [2.24, 2.45) is 0 Å². The quantitative estimate of drug-likeness (QED) is 0.271. The molecule has 0 radical (unpaired) electrons. The Morgan fingerprint density at radius 2 is 0.658 bits per heavy atom. The summed E-state index contributed by atoms with van der Waals surface area (Å²) in [5, 5.41) is 0. The Morgan fingerprint density at radius 1 is 0.368 bits per heavy atom. The van der Waals surface area contributed by atoms with Gasteiger partial charge in [0.2, 0.25) is 0 Å². The molecule has 4 rings (SSSR count). The van der Waals surface area contributed by atoms with Crippen LogP contribution in [0.4, 0.5) is 22.7 Å². The summed E-state index contributed by atoms with van der Waals surface area (Å²) in [5.74, 6) is 0. The highest BCUT2D eigenvalue weighted by Crippen LogP contribution is 2.18. The molecule has 0 bridgehead atoms. The number of hydrogen-bond donors (Lipinski definition) is 0. The highest BCUT2D eigenvalue weighted by molar-refractivity contribution is 5.49. The molecule has 4 nitrogen and oxygen atoms in total. The smallest absolute Gasteiger partial charge is 0.0361 e. The van der Waals surface area contributed by atoms with Crippen molar-refractivity contribution < 1.29 is 0 Å². The summed E-state index contributed by atoms with van der Waals surface area (Å²) in [6.07, 6.45) is 0.988. The molecular weight excluding hydrogens is 464 g/mol. The molecule has 38 heavy (non-hydrogen) atoms. The normalized spacial score (nSPS) is 9.82. The first kappa shape index (κ1) is 30.3. The second kappa shape index (κ2) is 15.4. The summed E-state index contributed by atoms with van der Waals surface area (Å²) < 4.78 is 0. The molecule has 0 atom stereocenters. The number of aryl methyl sites for hydroxylation is 1. The van der Waals surface area contributed by atoms with Gasteiger partial charge in [0.05, 0.1) is 0 Å². The van der Waals surface area contributed by atoms with Crippen LogP contribution < -0.4 is 19.6 Å². The van der Waals surface area contributed by atoms with E-state index in [2.05, 4.69) is 140 Å². The molecule has 0 amide bonds. The maximum absolute atomic E-state index is 2.20. The summed E-state index contributed by atoms with van der Waals surface area (Å²) in [6.45, 7) is 2.10. The average Bonchev–Trinajstić information content (AvgIpc) is 2.91. The first-order valence-corrected chi connectivity index (χ1v) is 13.1. The van der Waals surface area contributed by atoms with E-state index in [1.807, 2.05) is 46.4 Å². The number of benzene rings is 4. The maximum atomic E-state index is 2.20. The van der Waals surface area contributed by atoms with E-state index in [4.69, 9.17) is 0 Å². The zero-order chi connectivity index (χ0) is 28.1. The minimum Gasteiger partial charge on any atom is -0.378 e. The molecule has 0 aliphatic carbocycles. The van der Waals surface area contributed by atoms with Crippen LogP contribution in [0.3, 0.4) is 0 Å². The van der Waals surface area contributed by atoms with Gasteiger partial charge in [-0.1, -0.05) is 60.2 Å². The number of hydrogen-bond acceptors (Lipinski definition) is 4. The third-order valence-electron chi connectivity index (χ3n) is 6.14. The van der Waals surface area contributed by atoms with Gasteiger partial charge in [-0.3, -0.25) is 0 Å². The van der Waals surface area contributed by atoms with Crippen molar-refractivity contribution in [1.29, 1.82) is 0 Å². The molecule has 0 aliphatic rings. The number of para-hydroxylation sites is 1. The lowest BCUT2D eigenvalue weighted by molar-refractivity contribution is 1.11. The van der Waals surface area contributed by atoms with Crippen LogP contribution in [0.25, 0.3) is 0 Å². The van der Waals surface area contributed by atoms with Crippen molar-refractivity contribution in [3.63, 3.8) is 0 Å². The van der Waals surface area contributed by atoms with Gasteiger partial charge in [-0.25, -0.2) is 0 Å². The minimum atomic E-state index is 0.988. The predicted octanol–water partition coefficient (Wildman–Crippen LogP) is 7.22. The van der Waals surface area contributed by atoms with E-state index in [-0.39, 0.29) is 0 Å². The van der Waals surface area contributed by atoms with E-state index in [9.17, 15) is 0 Å². The monoisotopic (exact) mass is 510 g/mol. The molecule has 0 saturated carbocycles. The largest absolute Gasteiger partial charge is 0.378 e. The summed E-state index contributed by atoms with van der Waals surface area (Å²) in [5.41, 5.74) is 9.00. The van der Waals surface area contributed by atoms with Gasteiger partial charge in [0.25, 0.3) is 0 Å². The number of nitrogens with zero attached hydrogens (tertiary/aromatic N) is 4. The molecule has 4 heteroatoms. The van der Waals surface area contributed by atoms with Crippen LogP contribution in [-0.4, -0.2) is 56.4 Å². The maximum Gasteiger partial charge on any atom is 0.0361 e. The fourth-order valence-corrected chi connectivity index (χ4v) is 3.63. The van der Waals surface area contributed by atoms with E-state index < -0.39 is 0 Å². The number of rotatable bonds is 6. The van der Waals surface area contributed by atoms with Crippen molar-refractivity contribution >= 4 is 22.7 Å². The van der Waals surface area contributed by atoms with Crippen LogP contribution in [0.15, 0.2) is 103 Å². The number of anilines is 4. The van der Waals surface area contributed by atoms with Crippen LogP contribution in [0, 0.1) is 6.92 Å². The van der Waals surface area contributed by atoms with E-state index in [1.165, 1.54) is 39.4 Å². The molecule has 0 aliphatic heterocycles. The molecule has 202 valence electrons. The molecule has 4 aromatic carbocycles. The second-order valence-corrected chi connectivity index (χ2v) is 10.3. The zero-order valence-corrected chi connectivity index (χ0v) is 24.8. The van der Waals surface area contributed by atoms with Crippen LogP contribution in [0.1, 0.15) is 16.7 Å². The van der Waals surface area contributed by atoms with E-state index in [0.29, 0.717) is 0 Å². The lowest BCUT2D eigenvalue weighted by Crippen LogP contribution is -2.08. The van der Waals surface area contributed by atoms with Crippen molar-refractivity contribution in [2.75, 3.05) is 76.0 Å². The Hall–Kier alpha value is -3.92. The SMILES string of the molecule is CN(C)c1ccc(Cc2ccc(N(C)C)cc2)cc1.CN(C)c1ccccc1.Cc1ccc(N(C)C)cc1. The van der Waals surface area contributed by atoms with Crippen LogP contribution in [-0.2, 0) is 6.42 Å². The highest BCUT2D eigenvalue weighted by atomic mass is 15.1. The highest BCUT2D eigenvalue weighted by Gasteiger charge is 2.00. The average molecular weight is 511 g/mol. The van der Waals surface area contributed by atoms with Gasteiger partial charge in [-0.15, -0.1) is 0 Å². The van der Waals surface area contributed by atoms with Gasteiger partial charge in [-0.05, 0) is 73.0 Å². The standard InChI is InChI=1S/C17H22N2.C9H13N.C8H11N/c1-18(2)16-9-5-14(6-10-16)13-15-7-11-17(12-8-15)19(3)4;1-8-4-6-9(7-5-8)10(2)3;1-9(2)8-6-4-3-5-7-8/h5-12H,13H2,1-4H3;4-7H,1-3H3;3-7H,1-2H3. The summed E-state index contributed by atoms with van der Waals surface area (Å²) in [4.78, 5) is 8.42. The van der Waals surface area contributed by atoms with Gasteiger partial charge in [0.1, 0.15) is 0 Å². The Kier molecular flexibility index (Phi) is 12.2. The topological polar surface area (TPSA) is 13.0 Å². The van der Waals surface area contributed by atoms with Gasteiger partial charge in [-0.2, -0.15) is 0 Å². The predicted molar refractivity (Wildman–Crippen MR) is 171 cm³/mol. The van der Waals surface area contributed by atoms with E-state index in [1.54, 1.807) is 0 Å². The molecule has 0 saturated heterocycles. The third-order valence-corrected chi connectivity index (χ3v) is 6.14. The van der Waals surface area contributed by atoms with Gasteiger partial charge in [0.15, 0.2) is 0 Å². The molecule has 0 unspecified atom stereocenters. The van der Waals surface area contributed by atoms with Crippen LogP contribution in [0.2, 0.25) is 0 Å². The molecule has 0 N–H and O–H groups in total. The molecule has 0 spiro atoms. The molecule has 4 aromatic rings. The molecule has 0 aromatic heterocycles. The third kappa shape index (κ3) is 10.6. The Morgan fingerprint density at radius 3 is 0.947 bits per heavy atom. The summed E-state index contributed by atoms with van der Waals surface area (Å²) in [6, 6.07) is 36.2. The fourth-order valence-electron chi connectivity index (χ4n) is 3.63. The van der Waals surface area contributed by atoms with Crippen molar-refractivity contribution in [1.82, 2.24) is 0 Å². The van der Waals surface area contributed by atoms with E-state index in [0.717, 1.165) is 6.42 Å². The van der Waals surface area contributed by atoms with Crippen molar-refractivity contribution in [3.8, 4) is 0 Å². The Labute approximate surface area is 231 Å². The fraction of sp³-hybridized carbons (Fsp3) is 0.294.